The van der Waals surface area contributed by atoms with Crippen LogP contribution in [0.4, 0.5) is 0 Å². The molecule has 0 bridgehead atoms. The number of fused-ring (bicyclic) bond motifs is 1. The fourth-order valence-corrected chi connectivity index (χ4v) is 3.65. The Morgan fingerprint density at radius 2 is 2.00 bits per heavy atom. The zero-order valence-corrected chi connectivity index (χ0v) is 11.2. The molecule has 18 heavy (non-hydrogen) atoms. The lowest BCUT2D eigenvalue weighted by atomic mass is 9.53. The van der Waals surface area contributed by atoms with Gasteiger partial charge in [0.15, 0.2) is 0 Å². The van der Waals surface area contributed by atoms with E-state index in [2.05, 4.69) is 18.2 Å². The van der Waals surface area contributed by atoms with Crippen LogP contribution < -0.4 is 5.46 Å². The first-order chi connectivity index (χ1) is 8.83. The Bertz CT molecular complexity index is 410. The summed E-state index contributed by atoms with van der Waals surface area (Å²) in [5, 5.41) is 10.1. The summed E-state index contributed by atoms with van der Waals surface area (Å²) in [5.41, 5.74) is 4.02. The molecule has 1 aromatic rings. The Hall–Kier alpha value is -0.755. The average Bonchev–Trinajstić information content (AvgIpc) is 2.90. The van der Waals surface area contributed by atoms with Crippen molar-refractivity contribution in [3.8, 4) is 0 Å². The molecule has 1 aliphatic carbocycles. The average molecular weight is 242 g/mol. The summed E-state index contributed by atoms with van der Waals surface area (Å²) < 4.78 is 0. The Morgan fingerprint density at radius 1 is 1.17 bits per heavy atom. The van der Waals surface area contributed by atoms with Crippen molar-refractivity contribution in [3.05, 3.63) is 29.3 Å². The summed E-state index contributed by atoms with van der Waals surface area (Å²) in [5.74, 6) is 0.964. The summed E-state index contributed by atoms with van der Waals surface area (Å²) in [6.07, 6.45) is 11.5. The maximum atomic E-state index is 10.1. The topological polar surface area (TPSA) is 20.2 Å². The second-order valence-corrected chi connectivity index (χ2v) is 6.13. The van der Waals surface area contributed by atoms with Gasteiger partial charge in [-0.05, 0) is 42.5 Å². The van der Waals surface area contributed by atoms with Crippen LogP contribution in [0, 0.1) is 5.92 Å². The summed E-state index contributed by atoms with van der Waals surface area (Å²) in [4.78, 5) is 0. The molecule has 0 radical (unpaired) electrons. The van der Waals surface area contributed by atoms with E-state index in [-0.39, 0.29) is 6.92 Å². The van der Waals surface area contributed by atoms with Gasteiger partial charge < -0.3 is 5.02 Å². The number of benzene rings is 1. The standard InChI is InChI=1S/C16H23BO/c18-17-11-3-6-15-10-9-14(12-16(15)17)8-7-13-4-1-2-5-13/h9-10,12-13,18H,1-8,11H2. The largest absolute Gasteiger partial charge is 0.446 e. The van der Waals surface area contributed by atoms with E-state index >= 15 is 0 Å². The highest BCUT2D eigenvalue weighted by Gasteiger charge is 2.22. The van der Waals surface area contributed by atoms with Gasteiger partial charge in [-0.25, -0.2) is 0 Å². The minimum atomic E-state index is -0.208. The highest BCUT2D eigenvalue weighted by atomic mass is 16.2. The SMILES string of the molecule is OB1CCCc2ccc(CCC3CCCC3)cc21. The molecule has 0 amide bonds. The molecule has 2 aliphatic rings. The van der Waals surface area contributed by atoms with Crippen LogP contribution in [-0.2, 0) is 12.8 Å². The van der Waals surface area contributed by atoms with Crippen molar-refractivity contribution in [2.75, 3.05) is 0 Å². The van der Waals surface area contributed by atoms with E-state index in [0.29, 0.717) is 0 Å². The van der Waals surface area contributed by atoms with E-state index in [1.54, 1.807) is 0 Å². The van der Waals surface area contributed by atoms with Gasteiger partial charge in [-0.15, -0.1) is 0 Å². The highest BCUT2D eigenvalue weighted by Crippen LogP contribution is 2.28. The molecule has 1 heterocycles. The molecular weight excluding hydrogens is 219 g/mol. The van der Waals surface area contributed by atoms with Gasteiger partial charge >= 0.3 is 6.92 Å². The van der Waals surface area contributed by atoms with Crippen molar-refractivity contribution in [1.29, 1.82) is 0 Å². The van der Waals surface area contributed by atoms with Crippen molar-refractivity contribution in [2.45, 2.75) is 57.7 Å². The summed E-state index contributed by atoms with van der Waals surface area (Å²) in [7, 11) is 0. The minimum absolute atomic E-state index is 0.208. The predicted octanol–water partition coefficient (Wildman–Crippen LogP) is 2.95. The zero-order chi connectivity index (χ0) is 12.4. The molecule has 0 spiro atoms. The highest BCUT2D eigenvalue weighted by molar-refractivity contribution is 6.67. The lowest BCUT2D eigenvalue weighted by Crippen LogP contribution is -2.36. The Morgan fingerprint density at radius 3 is 2.83 bits per heavy atom. The molecule has 1 nitrogen and oxygen atoms in total. The van der Waals surface area contributed by atoms with Crippen LogP contribution in [0.5, 0.6) is 0 Å². The third kappa shape index (κ3) is 2.64. The van der Waals surface area contributed by atoms with Crippen LogP contribution in [0.3, 0.4) is 0 Å². The molecule has 0 saturated heterocycles. The molecule has 1 saturated carbocycles. The number of rotatable bonds is 3. The van der Waals surface area contributed by atoms with Crippen LogP contribution in [0.15, 0.2) is 18.2 Å². The van der Waals surface area contributed by atoms with Crippen LogP contribution in [-0.4, -0.2) is 11.9 Å². The molecule has 2 heteroatoms. The van der Waals surface area contributed by atoms with Crippen LogP contribution in [0.2, 0.25) is 6.32 Å². The van der Waals surface area contributed by atoms with E-state index in [1.165, 1.54) is 55.1 Å². The van der Waals surface area contributed by atoms with Crippen LogP contribution >= 0.6 is 0 Å². The van der Waals surface area contributed by atoms with E-state index in [1.807, 2.05) is 0 Å². The fraction of sp³-hybridized carbons (Fsp3) is 0.625. The van der Waals surface area contributed by atoms with Gasteiger partial charge in [0.2, 0.25) is 0 Å². The van der Waals surface area contributed by atoms with Crippen molar-refractivity contribution in [2.24, 2.45) is 5.92 Å². The van der Waals surface area contributed by atoms with Gasteiger partial charge in [0.05, 0.1) is 0 Å². The molecule has 0 aromatic heterocycles. The second kappa shape index (κ2) is 5.48. The lowest BCUT2D eigenvalue weighted by Gasteiger charge is -2.19. The second-order valence-electron chi connectivity index (χ2n) is 6.13. The van der Waals surface area contributed by atoms with E-state index < -0.39 is 0 Å². The molecule has 3 rings (SSSR count). The summed E-state index contributed by atoms with van der Waals surface area (Å²) >= 11 is 0. The Kier molecular flexibility index (Phi) is 3.74. The first kappa shape index (κ1) is 12.3. The predicted molar refractivity (Wildman–Crippen MR) is 77.5 cm³/mol. The van der Waals surface area contributed by atoms with Crippen LogP contribution in [0.1, 0.15) is 49.7 Å². The maximum absolute atomic E-state index is 10.1. The number of hydrogen-bond acceptors (Lipinski definition) is 1. The first-order valence-electron chi connectivity index (χ1n) is 7.63. The Labute approximate surface area is 111 Å². The number of aryl methyl sites for hydroxylation is 2. The molecule has 0 unspecified atom stereocenters. The van der Waals surface area contributed by atoms with Crippen molar-refractivity contribution >= 4 is 12.4 Å². The van der Waals surface area contributed by atoms with Crippen molar-refractivity contribution < 1.29 is 5.02 Å². The van der Waals surface area contributed by atoms with Gasteiger partial charge in [-0.2, -0.15) is 0 Å². The molecule has 1 fully saturated rings. The molecule has 96 valence electrons. The number of hydrogen-bond donors (Lipinski definition) is 1. The quantitative estimate of drug-likeness (QED) is 0.808. The van der Waals surface area contributed by atoms with E-state index in [9.17, 15) is 5.02 Å². The van der Waals surface area contributed by atoms with Gasteiger partial charge in [-0.1, -0.05) is 55.9 Å². The van der Waals surface area contributed by atoms with Gasteiger partial charge in [-0.3, -0.25) is 0 Å². The van der Waals surface area contributed by atoms with Gasteiger partial charge in [0.25, 0.3) is 0 Å². The zero-order valence-electron chi connectivity index (χ0n) is 11.2. The third-order valence-electron chi connectivity index (χ3n) is 4.81. The maximum Gasteiger partial charge on any atom is 0.323 e. The molecule has 1 aliphatic heterocycles. The third-order valence-corrected chi connectivity index (χ3v) is 4.81. The van der Waals surface area contributed by atoms with Crippen molar-refractivity contribution in [3.63, 3.8) is 0 Å². The van der Waals surface area contributed by atoms with Crippen LogP contribution in [0.25, 0.3) is 0 Å². The van der Waals surface area contributed by atoms with Crippen molar-refractivity contribution in [1.82, 2.24) is 0 Å². The fourth-order valence-electron chi connectivity index (χ4n) is 3.65. The lowest BCUT2D eigenvalue weighted by molar-refractivity contribution is 0.504. The van der Waals surface area contributed by atoms with Gasteiger partial charge in [0.1, 0.15) is 0 Å². The summed E-state index contributed by atoms with van der Waals surface area (Å²) in [6.45, 7) is -0.208. The van der Waals surface area contributed by atoms with E-state index in [0.717, 1.165) is 25.1 Å². The molecule has 0 atom stereocenters. The summed E-state index contributed by atoms with van der Waals surface area (Å²) in [6, 6.07) is 6.81. The minimum Gasteiger partial charge on any atom is -0.446 e. The molecular formula is C16H23BO. The normalized spacial score (nSPS) is 20.2. The monoisotopic (exact) mass is 242 g/mol. The smallest absolute Gasteiger partial charge is 0.323 e. The Balaban J connectivity index is 1.67. The van der Waals surface area contributed by atoms with Gasteiger partial charge in [0, 0.05) is 0 Å². The van der Waals surface area contributed by atoms with E-state index in [4.69, 9.17) is 0 Å². The molecule has 1 aromatic carbocycles. The first-order valence-corrected chi connectivity index (χ1v) is 7.63. The molecule has 1 N–H and O–H groups in total.